The molecule has 0 spiro atoms. The summed E-state index contributed by atoms with van der Waals surface area (Å²) >= 11 is 4.63. The standard InChI is InChI=1S/C13H12BrNO3S2/c1-8(16)10-4-3-5-11(6-10)15-20(17,18)12-7-13(14)19-9(12)2/h3-7,15H,1-2H3. The molecule has 0 fully saturated rings. The summed E-state index contributed by atoms with van der Waals surface area (Å²) in [6, 6.07) is 7.99. The van der Waals surface area contributed by atoms with E-state index in [-0.39, 0.29) is 10.7 Å². The molecule has 0 amide bonds. The monoisotopic (exact) mass is 373 g/mol. The van der Waals surface area contributed by atoms with Crippen molar-refractivity contribution in [2.24, 2.45) is 0 Å². The largest absolute Gasteiger partial charge is 0.295 e. The molecule has 0 radical (unpaired) electrons. The molecule has 2 rings (SSSR count). The third kappa shape index (κ3) is 3.28. The summed E-state index contributed by atoms with van der Waals surface area (Å²) in [5.41, 5.74) is 0.841. The molecule has 4 nitrogen and oxygen atoms in total. The van der Waals surface area contributed by atoms with Crippen molar-refractivity contribution in [3.63, 3.8) is 0 Å². The minimum atomic E-state index is -3.65. The van der Waals surface area contributed by atoms with Gasteiger partial charge in [0.2, 0.25) is 0 Å². The molecule has 0 aliphatic rings. The quantitative estimate of drug-likeness (QED) is 0.828. The van der Waals surface area contributed by atoms with Gasteiger partial charge in [0.05, 0.1) is 3.79 Å². The van der Waals surface area contributed by atoms with Crippen molar-refractivity contribution in [3.05, 3.63) is 44.6 Å². The van der Waals surface area contributed by atoms with Gasteiger partial charge >= 0.3 is 0 Å². The van der Waals surface area contributed by atoms with Crippen LogP contribution in [-0.4, -0.2) is 14.2 Å². The SMILES string of the molecule is CC(=O)c1cccc(NS(=O)(=O)c2cc(Br)sc2C)c1. The van der Waals surface area contributed by atoms with E-state index in [1.807, 2.05) is 0 Å². The molecule has 1 aromatic heterocycles. The zero-order valence-corrected chi connectivity index (χ0v) is 14.0. The smallest absolute Gasteiger partial charge is 0.263 e. The molecule has 0 atom stereocenters. The van der Waals surface area contributed by atoms with Gasteiger partial charge < -0.3 is 0 Å². The van der Waals surface area contributed by atoms with Crippen LogP contribution >= 0.6 is 27.3 Å². The Morgan fingerprint density at radius 3 is 2.55 bits per heavy atom. The number of carbonyl (C=O) groups excluding carboxylic acids is 1. The van der Waals surface area contributed by atoms with E-state index in [9.17, 15) is 13.2 Å². The number of halogens is 1. The van der Waals surface area contributed by atoms with E-state index in [1.165, 1.54) is 24.3 Å². The Balaban J connectivity index is 2.36. The number of Topliss-reactive ketones (excluding diaryl/α,β-unsaturated/α-hetero) is 1. The second-order valence-electron chi connectivity index (χ2n) is 4.21. The maximum Gasteiger partial charge on any atom is 0.263 e. The van der Waals surface area contributed by atoms with Crippen LogP contribution in [0, 0.1) is 6.92 Å². The van der Waals surface area contributed by atoms with E-state index < -0.39 is 10.0 Å². The lowest BCUT2D eigenvalue weighted by molar-refractivity contribution is 0.101. The third-order valence-corrected chi connectivity index (χ3v) is 5.84. The molecule has 0 saturated heterocycles. The molecule has 0 saturated carbocycles. The molecule has 1 aromatic carbocycles. The number of anilines is 1. The van der Waals surface area contributed by atoms with Crippen molar-refractivity contribution in [1.82, 2.24) is 0 Å². The van der Waals surface area contributed by atoms with Crippen LogP contribution in [-0.2, 0) is 10.0 Å². The van der Waals surface area contributed by atoms with Crippen LogP contribution in [0.25, 0.3) is 0 Å². The molecular formula is C13H12BrNO3S2. The van der Waals surface area contributed by atoms with Crippen molar-refractivity contribution >= 4 is 48.8 Å². The molecule has 7 heteroatoms. The Kier molecular flexibility index (Phi) is 4.31. The molecule has 2 aromatic rings. The molecule has 0 bridgehead atoms. The molecule has 106 valence electrons. The first-order valence-electron chi connectivity index (χ1n) is 5.69. The van der Waals surface area contributed by atoms with E-state index in [2.05, 4.69) is 20.7 Å². The highest BCUT2D eigenvalue weighted by Gasteiger charge is 2.19. The summed E-state index contributed by atoms with van der Waals surface area (Å²) in [6.07, 6.45) is 0. The lowest BCUT2D eigenvalue weighted by Gasteiger charge is -2.08. The molecule has 20 heavy (non-hydrogen) atoms. The van der Waals surface area contributed by atoms with Crippen molar-refractivity contribution in [2.75, 3.05) is 4.72 Å². The number of hydrogen-bond donors (Lipinski definition) is 1. The van der Waals surface area contributed by atoms with Crippen LogP contribution in [0.1, 0.15) is 22.2 Å². The minimum absolute atomic E-state index is 0.111. The van der Waals surface area contributed by atoms with Crippen LogP contribution in [0.4, 0.5) is 5.69 Å². The number of hydrogen-bond acceptors (Lipinski definition) is 4. The van der Waals surface area contributed by atoms with Gasteiger partial charge in [0.1, 0.15) is 4.90 Å². The van der Waals surface area contributed by atoms with Gasteiger partial charge in [0.25, 0.3) is 10.0 Å². The zero-order valence-electron chi connectivity index (χ0n) is 10.8. The molecule has 0 aliphatic carbocycles. The Morgan fingerprint density at radius 1 is 1.30 bits per heavy atom. The van der Waals surface area contributed by atoms with Crippen LogP contribution in [0.15, 0.2) is 39.0 Å². The van der Waals surface area contributed by atoms with E-state index in [0.29, 0.717) is 16.1 Å². The predicted octanol–water partition coefficient (Wildman–Crippen LogP) is 3.82. The summed E-state index contributed by atoms with van der Waals surface area (Å²) in [4.78, 5) is 12.2. The van der Waals surface area contributed by atoms with Crippen LogP contribution in [0.5, 0.6) is 0 Å². The number of benzene rings is 1. The molecular weight excluding hydrogens is 362 g/mol. The highest BCUT2D eigenvalue weighted by molar-refractivity contribution is 9.11. The van der Waals surface area contributed by atoms with Crippen LogP contribution in [0.3, 0.4) is 0 Å². The lowest BCUT2D eigenvalue weighted by Crippen LogP contribution is -2.13. The number of thiophene rings is 1. The van der Waals surface area contributed by atoms with Gasteiger partial charge in [-0.15, -0.1) is 11.3 Å². The number of aryl methyl sites for hydroxylation is 1. The Labute approximate surface area is 130 Å². The van der Waals surface area contributed by atoms with Gasteiger partial charge in [-0.05, 0) is 48.0 Å². The van der Waals surface area contributed by atoms with E-state index in [4.69, 9.17) is 0 Å². The number of rotatable bonds is 4. The molecule has 1 N–H and O–H groups in total. The van der Waals surface area contributed by atoms with E-state index in [1.54, 1.807) is 31.2 Å². The van der Waals surface area contributed by atoms with Crippen molar-refractivity contribution < 1.29 is 13.2 Å². The second-order valence-corrected chi connectivity index (χ2v) is 8.50. The predicted molar refractivity (Wildman–Crippen MR) is 84.0 cm³/mol. The van der Waals surface area contributed by atoms with Gasteiger partial charge in [-0.3, -0.25) is 9.52 Å². The zero-order chi connectivity index (χ0) is 14.9. The fraction of sp³-hybridized carbons (Fsp3) is 0.154. The van der Waals surface area contributed by atoms with Gasteiger partial charge in [-0.1, -0.05) is 12.1 Å². The summed E-state index contributed by atoms with van der Waals surface area (Å²) < 4.78 is 27.9. The summed E-state index contributed by atoms with van der Waals surface area (Å²) in [5.74, 6) is -0.111. The first kappa shape index (κ1) is 15.2. The number of ketones is 1. The highest BCUT2D eigenvalue weighted by Crippen LogP contribution is 2.30. The Bertz CT molecular complexity index is 766. The average Bonchev–Trinajstić information content (AvgIpc) is 2.69. The highest BCUT2D eigenvalue weighted by atomic mass is 79.9. The van der Waals surface area contributed by atoms with Crippen LogP contribution < -0.4 is 4.72 Å². The number of sulfonamides is 1. The fourth-order valence-electron chi connectivity index (χ4n) is 1.71. The molecule has 0 unspecified atom stereocenters. The average molecular weight is 374 g/mol. The number of nitrogens with one attached hydrogen (secondary N) is 1. The van der Waals surface area contributed by atoms with Crippen molar-refractivity contribution in [1.29, 1.82) is 0 Å². The molecule has 1 heterocycles. The normalized spacial score (nSPS) is 11.3. The second kappa shape index (κ2) is 5.67. The maximum absolute atomic E-state index is 12.3. The summed E-state index contributed by atoms with van der Waals surface area (Å²) in [6.45, 7) is 3.18. The topological polar surface area (TPSA) is 63.2 Å². The first-order valence-corrected chi connectivity index (χ1v) is 8.78. The van der Waals surface area contributed by atoms with E-state index >= 15 is 0 Å². The lowest BCUT2D eigenvalue weighted by atomic mass is 10.1. The van der Waals surface area contributed by atoms with Gasteiger partial charge in [0.15, 0.2) is 5.78 Å². The van der Waals surface area contributed by atoms with Crippen LogP contribution in [0.2, 0.25) is 0 Å². The minimum Gasteiger partial charge on any atom is -0.295 e. The Hall–Kier alpha value is -1.18. The van der Waals surface area contributed by atoms with Crippen molar-refractivity contribution in [3.8, 4) is 0 Å². The Morgan fingerprint density at radius 2 is 2.00 bits per heavy atom. The first-order chi connectivity index (χ1) is 9.29. The summed E-state index contributed by atoms with van der Waals surface area (Å²) in [5, 5.41) is 0. The number of carbonyl (C=O) groups is 1. The summed E-state index contributed by atoms with van der Waals surface area (Å²) in [7, 11) is -3.65. The van der Waals surface area contributed by atoms with Gasteiger partial charge in [-0.25, -0.2) is 8.42 Å². The maximum atomic E-state index is 12.3. The van der Waals surface area contributed by atoms with Crippen molar-refractivity contribution in [2.45, 2.75) is 18.7 Å². The van der Waals surface area contributed by atoms with Gasteiger partial charge in [0, 0.05) is 16.1 Å². The fourth-order valence-corrected chi connectivity index (χ4v) is 5.17. The van der Waals surface area contributed by atoms with E-state index in [0.717, 1.165) is 3.79 Å². The molecule has 0 aliphatic heterocycles. The van der Waals surface area contributed by atoms with Gasteiger partial charge in [-0.2, -0.15) is 0 Å². The third-order valence-electron chi connectivity index (χ3n) is 2.65.